The van der Waals surface area contributed by atoms with Gasteiger partial charge in [-0.05, 0) is 12.8 Å². The van der Waals surface area contributed by atoms with Gasteiger partial charge in [-0.25, -0.2) is 0 Å². The first-order valence-corrected chi connectivity index (χ1v) is 6.28. The molecular formula is C11H21Cl2N. The molecular weight excluding hydrogens is 217 g/mol. The zero-order valence-electron chi connectivity index (χ0n) is 8.94. The van der Waals surface area contributed by atoms with Crippen LogP contribution in [0.5, 0.6) is 0 Å². The number of halogens is 2. The predicted molar refractivity (Wildman–Crippen MR) is 56.4 cm³/mol. The first kappa shape index (κ1) is 12.6. The van der Waals surface area contributed by atoms with Crippen LogP contribution >= 0.6 is 11.6 Å². The van der Waals surface area contributed by atoms with E-state index in [1.165, 1.54) is 38.6 Å². The van der Waals surface area contributed by atoms with Crippen molar-refractivity contribution < 1.29 is 17.3 Å². The highest BCUT2D eigenvalue weighted by Crippen LogP contribution is 2.23. The van der Waals surface area contributed by atoms with Gasteiger partial charge in [0, 0.05) is 31.1 Å². The Kier molecular flexibility index (Phi) is 5.02. The van der Waals surface area contributed by atoms with Crippen LogP contribution < -0.4 is 17.3 Å². The van der Waals surface area contributed by atoms with Crippen LogP contribution in [0, 0.1) is 5.92 Å². The Morgan fingerprint density at radius 2 is 2.07 bits per heavy atom. The highest BCUT2D eigenvalue weighted by molar-refractivity contribution is 6.17. The molecule has 0 saturated carbocycles. The van der Waals surface area contributed by atoms with Gasteiger partial charge in [0.25, 0.3) is 0 Å². The lowest BCUT2D eigenvalue weighted by atomic mass is 9.86. The molecule has 0 radical (unpaired) electrons. The summed E-state index contributed by atoms with van der Waals surface area (Å²) in [4.78, 5) is 1.89. The Morgan fingerprint density at radius 3 is 2.79 bits per heavy atom. The van der Waals surface area contributed by atoms with Crippen LogP contribution in [-0.4, -0.2) is 24.5 Å². The van der Waals surface area contributed by atoms with Crippen molar-refractivity contribution >= 4 is 11.6 Å². The van der Waals surface area contributed by atoms with E-state index >= 15 is 0 Å². The predicted octanol–water partition coefficient (Wildman–Crippen LogP) is -1.53. The molecule has 1 nitrogen and oxygen atoms in total. The Balaban J connectivity index is 0.000000980. The van der Waals surface area contributed by atoms with Crippen LogP contribution in [0.4, 0.5) is 0 Å². The van der Waals surface area contributed by atoms with E-state index in [-0.39, 0.29) is 12.4 Å². The smallest absolute Gasteiger partial charge is 0.0904 e. The maximum Gasteiger partial charge on any atom is 0.0904 e. The molecule has 0 spiro atoms. The van der Waals surface area contributed by atoms with E-state index in [1.807, 2.05) is 4.90 Å². The van der Waals surface area contributed by atoms with Gasteiger partial charge in [-0.2, -0.15) is 0 Å². The van der Waals surface area contributed by atoms with Crippen molar-refractivity contribution in [1.29, 1.82) is 0 Å². The maximum absolute atomic E-state index is 5.85. The fourth-order valence-corrected chi connectivity index (χ4v) is 3.63. The monoisotopic (exact) mass is 237 g/mol. The summed E-state index contributed by atoms with van der Waals surface area (Å²) < 4.78 is 0. The number of piperidine rings is 1. The van der Waals surface area contributed by atoms with Crippen LogP contribution in [0.15, 0.2) is 0 Å². The van der Waals surface area contributed by atoms with E-state index in [1.54, 1.807) is 0 Å². The van der Waals surface area contributed by atoms with E-state index in [2.05, 4.69) is 6.92 Å². The van der Waals surface area contributed by atoms with Gasteiger partial charge in [-0.3, -0.25) is 0 Å². The molecule has 0 aromatic carbocycles. The molecule has 1 unspecified atom stereocenters. The molecule has 2 aliphatic rings. The molecule has 0 aliphatic carbocycles. The molecule has 2 saturated heterocycles. The second-order valence-electron chi connectivity index (χ2n) is 4.80. The minimum absolute atomic E-state index is 0. The lowest BCUT2D eigenvalue weighted by Gasteiger charge is -2.38. The summed E-state index contributed by atoms with van der Waals surface area (Å²) in [6, 6.07) is 1.86. The van der Waals surface area contributed by atoms with E-state index in [0.29, 0.717) is 0 Å². The van der Waals surface area contributed by atoms with Gasteiger partial charge < -0.3 is 17.3 Å². The summed E-state index contributed by atoms with van der Waals surface area (Å²) in [6.45, 7) is 3.85. The SMILES string of the molecule is C[C@@H]1CC[C@@H](CCCl)[NH+]2CCC[C@@H]12.[Cl-]. The van der Waals surface area contributed by atoms with Crippen molar-refractivity contribution in [2.45, 2.75) is 51.1 Å². The highest BCUT2D eigenvalue weighted by atomic mass is 35.5. The fourth-order valence-electron chi connectivity index (χ4n) is 3.37. The van der Waals surface area contributed by atoms with Crippen LogP contribution in [0.2, 0.25) is 0 Å². The van der Waals surface area contributed by atoms with Crippen molar-refractivity contribution in [3.8, 4) is 0 Å². The lowest BCUT2D eigenvalue weighted by molar-refractivity contribution is -0.946. The molecule has 2 rings (SSSR count). The van der Waals surface area contributed by atoms with Crippen LogP contribution in [0.1, 0.15) is 39.0 Å². The minimum atomic E-state index is 0. The first-order chi connectivity index (χ1) is 6.33. The summed E-state index contributed by atoms with van der Waals surface area (Å²) in [5.41, 5.74) is 0. The first-order valence-electron chi connectivity index (χ1n) is 5.74. The molecule has 2 heterocycles. The highest BCUT2D eigenvalue weighted by Gasteiger charge is 2.41. The number of alkyl halides is 1. The van der Waals surface area contributed by atoms with Crippen molar-refractivity contribution in [3.63, 3.8) is 0 Å². The van der Waals surface area contributed by atoms with Crippen molar-refractivity contribution in [3.05, 3.63) is 0 Å². The Hall–Kier alpha value is 0.540. The van der Waals surface area contributed by atoms with E-state index < -0.39 is 0 Å². The minimum Gasteiger partial charge on any atom is -1.00 e. The fraction of sp³-hybridized carbons (Fsp3) is 1.00. The zero-order chi connectivity index (χ0) is 9.26. The number of hydrogen-bond acceptors (Lipinski definition) is 0. The number of fused-ring (bicyclic) bond motifs is 1. The van der Waals surface area contributed by atoms with Gasteiger partial charge in [-0.1, -0.05) is 6.92 Å². The van der Waals surface area contributed by atoms with Gasteiger partial charge in [-0.15, -0.1) is 11.6 Å². The Morgan fingerprint density at radius 1 is 1.29 bits per heavy atom. The average molecular weight is 238 g/mol. The summed E-state index contributed by atoms with van der Waals surface area (Å²) in [5, 5.41) is 0. The quantitative estimate of drug-likeness (QED) is 0.556. The van der Waals surface area contributed by atoms with Gasteiger partial charge in [0.1, 0.15) is 0 Å². The lowest BCUT2D eigenvalue weighted by Crippen LogP contribution is -3.18. The summed E-state index contributed by atoms with van der Waals surface area (Å²) in [5.74, 6) is 1.82. The van der Waals surface area contributed by atoms with Crippen LogP contribution in [-0.2, 0) is 0 Å². The number of quaternary nitrogens is 1. The summed E-state index contributed by atoms with van der Waals surface area (Å²) in [7, 11) is 0. The second-order valence-corrected chi connectivity index (χ2v) is 5.18. The van der Waals surface area contributed by atoms with Crippen molar-refractivity contribution in [1.82, 2.24) is 0 Å². The standard InChI is InChI=1S/C11H20ClN.ClH/c1-9-4-5-10(6-7-12)13-8-2-3-11(9)13;/h9-11H,2-8H2,1H3;1H/t9-,10+,11+;/m1./s1. The van der Waals surface area contributed by atoms with Crippen LogP contribution in [0.25, 0.3) is 0 Å². The molecule has 3 heteroatoms. The molecule has 0 bridgehead atoms. The summed E-state index contributed by atoms with van der Waals surface area (Å²) >= 11 is 5.85. The normalized spacial score (nSPS) is 41.6. The van der Waals surface area contributed by atoms with Crippen molar-refractivity contribution in [2.24, 2.45) is 5.92 Å². The number of hydrogen-bond donors (Lipinski definition) is 1. The van der Waals surface area contributed by atoms with Gasteiger partial charge >= 0.3 is 0 Å². The Labute approximate surface area is 98.6 Å². The molecule has 0 amide bonds. The van der Waals surface area contributed by atoms with E-state index in [0.717, 1.165) is 23.9 Å². The summed E-state index contributed by atoms with van der Waals surface area (Å²) in [6.07, 6.45) is 7.01. The number of nitrogens with one attached hydrogen (secondary N) is 1. The van der Waals surface area contributed by atoms with Crippen molar-refractivity contribution in [2.75, 3.05) is 12.4 Å². The van der Waals surface area contributed by atoms with Crippen LogP contribution in [0.3, 0.4) is 0 Å². The third kappa shape index (κ3) is 2.37. The second kappa shape index (κ2) is 5.58. The number of rotatable bonds is 2. The molecule has 0 aromatic rings. The third-order valence-electron chi connectivity index (χ3n) is 4.10. The molecule has 1 N–H and O–H groups in total. The molecule has 2 fully saturated rings. The molecule has 84 valence electrons. The Bertz CT molecular complexity index is 175. The zero-order valence-corrected chi connectivity index (χ0v) is 10.4. The van der Waals surface area contributed by atoms with Gasteiger partial charge in [0.2, 0.25) is 0 Å². The van der Waals surface area contributed by atoms with Gasteiger partial charge in [0.05, 0.1) is 18.6 Å². The molecule has 4 atom stereocenters. The molecule has 2 aliphatic heterocycles. The largest absolute Gasteiger partial charge is 1.00 e. The average Bonchev–Trinajstić information content (AvgIpc) is 2.59. The topological polar surface area (TPSA) is 4.44 Å². The van der Waals surface area contributed by atoms with E-state index in [9.17, 15) is 0 Å². The molecule has 0 aromatic heterocycles. The van der Waals surface area contributed by atoms with Gasteiger partial charge in [0.15, 0.2) is 0 Å². The maximum atomic E-state index is 5.85. The van der Waals surface area contributed by atoms with E-state index in [4.69, 9.17) is 11.6 Å². The molecule has 14 heavy (non-hydrogen) atoms. The third-order valence-corrected chi connectivity index (χ3v) is 4.31.